The molecule has 0 fully saturated rings. The molecule has 1 aliphatic rings. The summed E-state index contributed by atoms with van der Waals surface area (Å²) in [6.45, 7) is 1.84. The summed E-state index contributed by atoms with van der Waals surface area (Å²) < 4.78 is 0. The van der Waals surface area contributed by atoms with Gasteiger partial charge in [-0.2, -0.15) is 0 Å². The highest BCUT2D eigenvalue weighted by Crippen LogP contribution is 2.40. The summed E-state index contributed by atoms with van der Waals surface area (Å²) >= 11 is 0. The van der Waals surface area contributed by atoms with Crippen molar-refractivity contribution in [3.63, 3.8) is 0 Å². The van der Waals surface area contributed by atoms with Gasteiger partial charge in [-0.25, -0.2) is 0 Å². The zero-order chi connectivity index (χ0) is 18.1. The van der Waals surface area contributed by atoms with E-state index in [2.05, 4.69) is 108 Å². The van der Waals surface area contributed by atoms with Gasteiger partial charge >= 0.3 is 0 Å². The second kappa shape index (κ2) is 6.77. The molecule has 0 saturated carbocycles. The van der Waals surface area contributed by atoms with Crippen LogP contribution in [0.2, 0.25) is 0 Å². The number of anilines is 1. The third-order valence-corrected chi connectivity index (χ3v) is 5.38. The summed E-state index contributed by atoms with van der Waals surface area (Å²) in [6.07, 6.45) is 0. The largest absolute Gasteiger partial charge is 0.362 e. The second-order valence-electron chi connectivity index (χ2n) is 7.05. The Bertz CT molecular complexity index is 1080. The molecule has 0 amide bonds. The Hall–Kier alpha value is -3.32. The molecule has 0 aromatic heterocycles. The van der Waals surface area contributed by atoms with Crippen molar-refractivity contribution >= 4 is 5.69 Å². The average molecular weight is 347 g/mol. The van der Waals surface area contributed by atoms with Crippen LogP contribution >= 0.6 is 0 Å². The molecule has 0 atom stereocenters. The van der Waals surface area contributed by atoms with Crippen molar-refractivity contribution in [2.24, 2.45) is 0 Å². The maximum atomic E-state index is 2.50. The third-order valence-electron chi connectivity index (χ3n) is 5.38. The van der Waals surface area contributed by atoms with Crippen molar-refractivity contribution in [1.82, 2.24) is 0 Å². The fraction of sp³-hybridized carbons (Fsp3) is 0.0769. The highest BCUT2D eigenvalue weighted by molar-refractivity contribution is 5.83. The Labute approximate surface area is 160 Å². The smallest absolute Gasteiger partial charge is 0.0452 e. The molecule has 1 heteroatoms. The molecule has 1 aliphatic heterocycles. The predicted molar refractivity (Wildman–Crippen MR) is 114 cm³/mol. The van der Waals surface area contributed by atoms with Gasteiger partial charge < -0.3 is 4.90 Å². The summed E-state index contributed by atoms with van der Waals surface area (Å²) in [6, 6.07) is 37.0. The summed E-state index contributed by atoms with van der Waals surface area (Å²) in [7, 11) is 0. The quantitative estimate of drug-likeness (QED) is 0.407. The van der Waals surface area contributed by atoms with Gasteiger partial charge in [0, 0.05) is 24.3 Å². The molecule has 1 nitrogen and oxygen atoms in total. The minimum absolute atomic E-state index is 0.899. The Kier molecular flexibility index (Phi) is 3.99. The van der Waals surface area contributed by atoms with Gasteiger partial charge in [-0.05, 0) is 33.9 Å². The minimum Gasteiger partial charge on any atom is -0.362 e. The van der Waals surface area contributed by atoms with Gasteiger partial charge in [0.1, 0.15) is 0 Å². The lowest BCUT2D eigenvalue weighted by Crippen LogP contribution is -2.26. The number of fused-ring (bicyclic) bond motifs is 3. The van der Waals surface area contributed by atoms with E-state index in [1.165, 1.54) is 39.1 Å². The fourth-order valence-corrected chi connectivity index (χ4v) is 4.09. The summed E-state index contributed by atoms with van der Waals surface area (Å²) in [5.41, 5.74) is 9.36. The molecular weight excluding hydrogens is 326 g/mol. The highest BCUT2D eigenvalue weighted by Gasteiger charge is 2.22. The van der Waals surface area contributed by atoms with Crippen molar-refractivity contribution in [3.8, 4) is 22.3 Å². The molecule has 0 bridgehead atoms. The molecule has 27 heavy (non-hydrogen) atoms. The van der Waals surface area contributed by atoms with E-state index in [4.69, 9.17) is 0 Å². The van der Waals surface area contributed by atoms with Crippen LogP contribution in [0.25, 0.3) is 22.3 Å². The number of rotatable bonds is 3. The van der Waals surface area contributed by atoms with E-state index in [1.807, 2.05) is 0 Å². The lowest BCUT2D eigenvalue weighted by atomic mass is 9.92. The first-order valence-corrected chi connectivity index (χ1v) is 9.46. The Morgan fingerprint density at radius 1 is 0.556 bits per heavy atom. The second-order valence-corrected chi connectivity index (χ2v) is 7.05. The number of hydrogen-bond acceptors (Lipinski definition) is 1. The normalized spacial score (nSPS) is 12.4. The van der Waals surface area contributed by atoms with E-state index in [0.717, 1.165) is 13.1 Å². The molecule has 0 radical (unpaired) electrons. The van der Waals surface area contributed by atoms with Crippen LogP contribution in [-0.4, -0.2) is 0 Å². The summed E-state index contributed by atoms with van der Waals surface area (Å²) in [5, 5.41) is 0. The Morgan fingerprint density at radius 2 is 1.19 bits per heavy atom. The maximum absolute atomic E-state index is 2.50. The highest BCUT2D eigenvalue weighted by atomic mass is 15.1. The van der Waals surface area contributed by atoms with Crippen LogP contribution in [0, 0.1) is 0 Å². The lowest BCUT2D eigenvalue weighted by molar-refractivity contribution is 0.793. The topological polar surface area (TPSA) is 3.24 Å². The van der Waals surface area contributed by atoms with Gasteiger partial charge in [-0.3, -0.25) is 0 Å². The number of nitrogens with zero attached hydrogens (tertiary/aromatic N) is 1. The van der Waals surface area contributed by atoms with E-state index in [9.17, 15) is 0 Å². The van der Waals surface area contributed by atoms with Gasteiger partial charge in [0.05, 0.1) is 0 Å². The summed E-state index contributed by atoms with van der Waals surface area (Å²) in [4.78, 5) is 2.50. The first-order chi connectivity index (χ1) is 13.4. The van der Waals surface area contributed by atoms with Crippen molar-refractivity contribution in [1.29, 1.82) is 0 Å². The first-order valence-electron chi connectivity index (χ1n) is 9.46. The SMILES string of the molecule is c1ccc(-c2ccccc2CN2Cc3ccccc3-c3ccccc32)cc1. The molecular formula is C26H21N. The Morgan fingerprint density at radius 3 is 2.04 bits per heavy atom. The van der Waals surface area contributed by atoms with Crippen molar-refractivity contribution in [2.75, 3.05) is 4.90 Å². The van der Waals surface area contributed by atoms with Crippen LogP contribution in [0.5, 0.6) is 0 Å². The molecule has 4 aromatic carbocycles. The van der Waals surface area contributed by atoms with Crippen LogP contribution in [-0.2, 0) is 13.1 Å². The van der Waals surface area contributed by atoms with E-state index in [1.54, 1.807) is 0 Å². The van der Waals surface area contributed by atoms with Crippen molar-refractivity contribution < 1.29 is 0 Å². The fourth-order valence-electron chi connectivity index (χ4n) is 4.09. The van der Waals surface area contributed by atoms with E-state index in [-0.39, 0.29) is 0 Å². The number of para-hydroxylation sites is 1. The van der Waals surface area contributed by atoms with Gasteiger partial charge in [0.25, 0.3) is 0 Å². The molecule has 0 spiro atoms. The molecule has 0 unspecified atom stereocenters. The summed E-state index contributed by atoms with van der Waals surface area (Å²) in [5.74, 6) is 0. The van der Waals surface area contributed by atoms with E-state index < -0.39 is 0 Å². The van der Waals surface area contributed by atoms with E-state index >= 15 is 0 Å². The monoisotopic (exact) mass is 347 g/mol. The minimum atomic E-state index is 0.899. The molecule has 0 saturated heterocycles. The van der Waals surface area contributed by atoms with Crippen molar-refractivity contribution in [3.05, 3.63) is 114 Å². The molecule has 4 aromatic rings. The van der Waals surface area contributed by atoms with Crippen LogP contribution in [0.4, 0.5) is 5.69 Å². The maximum Gasteiger partial charge on any atom is 0.0452 e. The first kappa shape index (κ1) is 15.9. The lowest BCUT2D eigenvalue weighted by Gasteiger charge is -2.33. The van der Waals surface area contributed by atoms with Crippen LogP contribution in [0.1, 0.15) is 11.1 Å². The van der Waals surface area contributed by atoms with E-state index in [0.29, 0.717) is 0 Å². The average Bonchev–Trinajstić information content (AvgIpc) is 2.75. The molecule has 5 rings (SSSR count). The van der Waals surface area contributed by atoms with Crippen LogP contribution < -0.4 is 4.90 Å². The number of benzene rings is 4. The zero-order valence-corrected chi connectivity index (χ0v) is 15.2. The zero-order valence-electron chi connectivity index (χ0n) is 15.2. The molecule has 0 aliphatic carbocycles. The van der Waals surface area contributed by atoms with Crippen LogP contribution in [0.3, 0.4) is 0 Å². The van der Waals surface area contributed by atoms with Gasteiger partial charge in [0.15, 0.2) is 0 Å². The van der Waals surface area contributed by atoms with Crippen LogP contribution in [0.15, 0.2) is 103 Å². The molecule has 130 valence electrons. The van der Waals surface area contributed by atoms with Gasteiger partial charge in [-0.15, -0.1) is 0 Å². The Balaban J connectivity index is 1.57. The molecule has 1 heterocycles. The predicted octanol–water partition coefficient (Wildman–Crippen LogP) is 6.54. The third kappa shape index (κ3) is 2.92. The number of hydrogen-bond donors (Lipinski definition) is 0. The van der Waals surface area contributed by atoms with Gasteiger partial charge in [0.2, 0.25) is 0 Å². The van der Waals surface area contributed by atoms with Gasteiger partial charge in [-0.1, -0.05) is 97.1 Å². The standard InChI is InChI=1S/C26H21N/c1-2-10-20(11-3-1)23-14-6-4-12-21(23)18-27-19-22-13-5-7-15-24(22)25-16-8-9-17-26(25)27/h1-17H,18-19H2. The van der Waals surface area contributed by atoms with Crippen molar-refractivity contribution in [2.45, 2.75) is 13.1 Å². The molecule has 0 N–H and O–H groups in total.